The maximum atomic E-state index is 13.0. The minimum Gasteiger partial charge on any atom is -0.481 e. The number of amides is 1. The molecule has 0 aromatic heterocycles. The maximum Gasteiger partial charge on any atom is 0.416 e. The molecule has 0 aliphatic carbocycles. The predicted molar refractivity (Wildman–Crippen MR) is 150 cm³/mol. The van der Waals surface area contributed by atoms with E-state index in [1.165, 1.54) is 24.3 Å². The quantitative estimate of drug-likeness (QED) is 0.213. The molecule has 1 amide bonds. The van der Waals surface area contributed by atoms with Crippen molar-refractivity contribution in [3.8, 4) is 22.3 Å². The van der Waals surface area contributed by atoms with Crippen LogP contribution in [0, 0.1) is 0 Å². The number of hydrogen-bond donors (Lipinski definition) is 3. The van der Waals surface area contributed by atoms with Gasteiger partial charge >= 0.3 is 12.1 Å². The predicted octanol–water partition coefficient (Wildman–Crippen LogP) is 6.36. The fraction of sp³-hybridized carbons (Fsp3) is 0.133. The Labute approximate surface area is 234 Å². The summed E-state index contributed by atoms with van der Waals surface area (Å²) in [4.78, 5) is 24.5. The number of sulfonamides is 1. The highest BCUT2D eigenvalue weighted by atomic mass is 32.2. The highest BCUT2D eigenvalue weighted by Crippen LogP contribution is 2.31. The van der Waals surface area contributed by atoms with Gasteiger partial charge in [0, 0.05) is 11.3 Å². The average molecular weight is 583 g/mol. The van der Waals surface area contributed by atoms with Gasteiger partial charge in [-0.05, 0) is 64.2 Å². The van der Waals surface area contributed by atoms with Crippen LogP contribution in [0.4, 0.5) is 18.9 Å². The highest BCUT2D eigenvalue weighted by Gasteiger charge is 2.30. The van der Waals surface area contributed by atoms with Gasteiger partial charge in [-0.3, -0.25) is 14.3 Å². The smallest absolute Gasteiger partial charge is 0.416 e. The summed E-state index contributed by atoms with van der Waals surface area (Å²) in [5, 5.41) is 12.2. The molecule has 4 rings (SSSR count). The Balaban J connectivity index is 1.47. The molecule has 1 unspecified atom stereocenters. The SMILES string of the molecule is CS(=O)(=O)Nc1ccc(-c2ccc(C(CC(=O)O)NC(=O)c3ccc(-c4ccc(C(F)(F)F)cc4)cc3)cc2)cc1. The molecule has 7 nitrogen and oxygen atoms in total. The number of alkyl halides is 3. The van der Waals surface area contributed by atoms with Crippen molar-refractivity contribution in [3.05, 3.63) is 114 Å². The third-order valence-corrected chi connectivity index (χ3v) is 6.82. The van der Waals surface area contributed by atoms with Crippen LogP contribution < -0.4 is 10.0 Å². The zero-order valence-electron chi connectivity index (χ0n) is 21.6. The second-order valence-electron chi connectivity index (χ2n) is 9.35. The highest BCUT2D eigenvalue weighted by molar-refractivity contribution is 7.92. The van der Waals surface area contributed by atoms with Crippen molar-refractivity contribution in [3.63, 3.8) is 0 Å². The first-order valence-electron chi connectivity index (χ1n) is 12.3. The van der Waals surface area contributed by atoms with Crippen molar-refractivity contribution in [1.82, 2.24) is 5.32 Å². The Hall–Kier alpha value is -4.64. The molecule has 0 radical (unpaired) electrons. The van der Waals surface area contributed by atoms with Gasteiger partial charge in [-0.2, -0.15) is 13.2 Å². The van der Waals surface area contributed by atoms with Gasteiger partial charge < -0.3 is 10.4 Å². The van der Waals surface area contributed by atoms with Crippen LogP contribution >= 0.6 is 0 Å². The van der Waals surface area contributed by atoms with Gasteiger partial charge in [0.1, 0.15) is 0 Å². The third-order valence-electron chi connectivity index (χ3n) is 6.21. The van der Waals surface area contributed by atoms with E-state index in [0.29, 0.717) is 22.4 Å². The van der Waals surface area contributed by atoms with Gasteiger partial charge in [0.2, 0.25) is 10.0 Å². The third kappa shape index (κ3) is 7.95. The van der Waals surface area contributed by atoms with Crippen LogP contribution in [0.5, 0.6) is 0 Å². The lowest BCUT2D eigenvalue weighted by Gasteiger charge is -2.18. The second-order valence-corrected chi connectivity index (χ2v) is 11.1. The first-order valence-corrected chi connectivity index (χ1v) is 14.2. The Morgan fingerprint density at radius 1 is 0.756 bits per heavy atom. The zero-order valence-corrected chi connectivity index (χ0v) is 22.5. The monoisotopic (exact) mass is 582 g/mol. The Kier molecular flexibility index (Phi) is 8.48. The Morgan fingerprint density at radius 3 is 1.63 bits per heavy atom. The van der Waals surface area contributed by atoms with Crippen LogP contribution in [0.3, 0.4) is 0 Å². The number of nitrogens with one attached hydrogen (secondary N) is 2. The summed E-state index contributed by atoms with van der Waals surface area (Å²) in [5.74, 6) is -1.61. The van der Waals surface area contributed by atoms with E-state index in [0.717, 1.165) is 29.5 Å². The number of benzene rings is 4. The molecule has 0 heterocycles. The molecule has 0 fully saturated rings. The van der Waals surface area contributed by atoms with Crippen LogP contribution in [0.1, 0.15) is 33.9 Å². The molecule has 3 N–H and O–H groups in total. The van der Waals surface area contributed by atoms with Gasteiger partial charge in [0.05, 0.1) is 24.3 Å². The summed E-state index contributed by atoms with van der Waals surface area (Å²) in [6.07, 6.45) is -3.73. The zero-order chi connectivity index (χ0) is 29.8. The van der Waals surface area contributed by atoms with Gasteiger partial charge in [-0.25, -0.2) is 8.42 Å². The van der Waals surface area contributed by atoms with Gasteiger partial charge in [0.15, 0.2) is 0 Å². The number of carboxylic acids is 1. The molecule has 1 atom stereocenters. The lowest BCUT2D eigenvalue weighted by Crippen LogP contribution is -2.30. The van der Waals surface area contributed by atoms with E-state index in [1.54, 1.807) is 60.7 Å². The van der Waals surface area contributed by atoms with Crippen LogP contribution in [0.25, 0.3) is 22.3 Å². The van der Waals surface area contributed by atoms with E-state index in [4.69, 9.17) is 0 Å². The summed E-state index contributed by atoms with van der Waals surface area (Å²) in [7, 11) is -3.40. The molecule has 11 heteroatoms. The number of carbonyl (C=O) groups is 2. The molecule has 4 aromatic carbocycles. The Bertz CT molecular complexity index is 1640. The van der Waals surface area contributed by atoms with E-state index >= 15 is 0 Å². The largest absolute Gasteiger partial charge is 0.481 e. The summed E-state index contributed by atoms with van der Waals surface area (Å²) in [6, 6.07) is 23.8. The number of rotatable bonds is 9. The first kappa shape index (κ1) is 29.3. The first-order chi connectivity index (χ1) is 19.3. The Morgan fingerprint density at radius 2 is 1.20 bits per heavy atom. The molecule has 0 aliphatic rings. The summed E-state index contributed by atoms with van der Waals surface area (Å²) in [5.41, 5.74) is 3.28. The minimum absolute atomic E-state index is 0.260. The molecule has 4 aromatic rings. The topological polar surface area (TPSA) is 113 Å². The van der Waals surface area contributed by atoms with Gasteiger partial charge in [-0.1, -0.05) is 60.7 Å². The lowest BCUT2D eigenvalue weighted by atomic mass is 9.98. The van der Waals surface area contributed by atoms with E-state index in [-0.39, 0.29) is 12.0 Å². The fourth-order valence-electron chi connectivity index (χ4n) is 4.19. The molecule has 0 aliphatic heterocycles. The molecule has 0 saturated heterocycles. The molecular formula is C30H25F3N2O5S. The van der Waals surface area contributed by atoms with E-state index in [9.17, 15) is 36.3 Å². The summed E-state index contributed by atoms with van der Waals surface area (Å²) >= 11 is 0. The number of aliphatic carboxylic acids is 1. The minimum atomic E-state index is -4.43. The second kappa shape index (κ2) is 11.8. The van der Waals surface area contributed by atoms with Gasteiger partial charge in [0.25, 0.3) is 5.91 Å². The number of hydrogen-bond acceptors (Lipinski definition) is 4. The number of carbonyl (C=O) groups excluding carboxylic acids is 1. The lowest BCUT2D eigenvalue weighted by molar-refractivity contribution is -0.138. The van der Waals surface area contributed by atoms with Crippen LogP contribution in [0.15, 0.2) is 97.1 Å². The van der Waals surface area contributed by atoms with Gasteiger partial charge in [-0.15, -0.1) is 0 Å². The molecule has 212 valence electrons. The van der Waals surface area contributed by atoms with Crippen molar-refractivity contribution in [2.75, 3.05) is 11.0 Å². The van der Waals surface area contributed by atoms with Crippen LogP contribution in [-0.4, -0.2) is 31.7 Å². The maximum absolute atomic E-state index is 13.0. The standard InChI is InChI=1S/C30H25F3N2O5S/c1-41(39,40)35-26-16-12-22(13-17-26)19-2-6-23(7-3-19)27(18-28(36)37)34-29(38)24-8-4-20(5-9-24)21-10-14-25(15-11-21)30(31,32)33/h2-17,27,35H,18H2,1H3,(H,34,38)(H,36,37). The molecule has 0 bridgehead atoms. The van der Waals surface area contributed by atoms with Crippen molar-refractivity contribution in [1.29, 1.82) is 0 Å². The van der Waals surface area contributed by atoms with E-state index in [1.807, 2.05) is 0 Å². The molecule has 0 spiro atoms. The van der Waals surface area contributed by atoms with Crippen molar-refractivity contribution in [2.45, 2.75) is 18.6 Å². The summed E-state index contributed by atoms with van der Waals surface area (Å²) < 4.78 is 63.7. The van der Waals surface area contributed by atoms with Crippen LogP contribution in [-0.2, 0) is 21.0 Å². The molecule has 41 heavy (non-hydrogen) atoms. The average Bonchev–Trinajstić information content (AvgIpc) is 2.92. The van der Waals surface area contributed by atoms with Crippen molar-refractivity contribution < 1.29 is 36.3 Å². The van der Waals surface area contributed by atoms with E-state index in [2.05, 4.69) is 10.0 Å². The van der Waals surface area contributed by atoms with Crippen molar-refractivity contribution >= 4 is 27.6 Å². The number of anilines is 1. The van der Waals surface area contributed by atoms with Crippen LogP contribution in [0.2, 0.25) is 0 Å². The summed E-state index contributed by atoms with van der Waals surface area (Å²) in [6.45, 7) is 0. The number of carboxylic acid groups (broad SMARTS) is 1. The normalized spacial score (nSPS) is 12.4. The van der Waals surface area contributed by atoms with E-state index < -0.39 is 39.7 Å². The number of halogens is 3. The van der Waals surface area contributed by atoms with Crippen molar-refractivity contribution in [2.24, 2.45) is 0 Å². The molecular weight excluding hydrogens is 557 g/mol. The fourth-order valence-corrected chi connectivity index (χ4v) is 4.75. The molecule has 0 saturated carbocycles.